The number of hydrogen-bond acceptors (Lipinski definition) is 3. The van der Waals surface area contributed by atoms with Gasteiger partial charge in [-0.3, -0.25) is 14.4 Å². The molecule has 1 aromatic carbocycles. The first-order chi connectivity index (χ1) is 10.9. The lowest BCUT2D eigenvalue weighted by Gasteiger charge is -2.20. The number of likely N-dealkylation sites (tertiary alicyclic amines) is 1. The number of aryl methyl sites for hydroxylation is 1. The molecule has 2 N–H and O–H groups in total. The van der Waals surface area contributed by atoms with Gasteiger partial charge in [0.1, 0.15) is 6.04 Å². The Bertz CT molecular complexity index is 622. The minimum Gasteiger partial charge on any atom is -0.345 e. The van der Waals surface area contributed by atoms with Crippen molar-refractivity contribution in [3.05, 3.63) is 29.3 Å². The number of benzene rings is 1. The second-order valence-corrected chi connectivity index (χ2v) is 5.91. The molecule has 1 fully saturated rings. The first-order valence-corrected chi connectivity index (χ1v) is 7.87. The van der Waals surface area contributed by atoms with Gasteiger partial charge in [-0.15, -0.1) is 0 Å². The Morgan fingerprint density at radius 3 is 2.43 bits per heavy atom. The van der Waals surface area contributed by atoms with Crippen LogP contribution in [0.2, 0.25) is 0 Å². The van der Waals surface area contributed by atoms with Gasteiger partial charge in [-0.1, -0.05) is 12.1 Å². The van der Waals surface area contributed by atoms with E-state index < -0.39 is 6.04 Å². The van der Waals surface area contributed by atoms with Gasteiger partial charge < -0.3 is 15.5 Å². The fourth-order valence-electron chi connectivity index (χ4n) is 2.75. The summed E-state index contributed by atoms with van der Waals surface area (Å²) >= 11 is 0. The van der Waals surface area contributed by atoms with Crippen LogP contribution < -0.4 is 10.6 Å². The highest BCUT2D eigenvalue weighted by Gasteiger charge is 2.24. The predicted molar refractivity (Wildman–Crippen MR) is 88.2 cm³/mol. The fourth-order valence-corrected chi connectivity index (χ4v) is 2.75. The topological polar surface area (TPSA) is 78.5 Å². The van der Waals surface area contributed by atoms with Crippen molar-refractivity contribution in [3.8, 4) is 0 Å². The average Bonchev–Trinajstić information content (AvgIpc) is 3.00. The van der Waals surface area contributed by atoms with Crippen LogP contribution in [0, 0.1) is 6.92 Å². The molecule has 1 heterocycles. The van der Waals surface area contributed by atoms with Crippen LogP contribution in [0.4, 0.5) is 5.69 Å². The second kappa shape index (κ2) is 7.26. The quantitative estimate of drug-likeness (QED) is 0.887. The van der Waals surface area contributed by atoms with Gasteiger partial charge >= 0.3 is 0 Å². The molecule has 1 aliphatic rings. The molecule has 0 saturated carbocycles. The molecule has 0 bridgehead atoms. The summed E-state index contributed by atoms with van der Waals surface area (Å²) in [6.07, 6.45) is 2.03. The molecule has 124 valence electrons. The largest absolute Gasteiger partial charge is 0.345 e. The number of hydrogen-bond donors (Lipinski definition) is 2. The summed E-state index contributed by atoms with van der Waals surface area (Å²) in [4.78, 5) is 37.8. The summed E-state index contributed by atoms with van der Waals surface area (Å²) in [5.41, 5.74) is 1.84. The lowest BCUT2D eigenvalue weighted by molar-refractivity contribution is -0.124. The van der Waals surface area contributed by atoms with Crippen molar-refractivity contribution in [2.24, 2.45) is 0 Å². The molecule has 6 nitrogen and oxygen atoms in total. The summed E-state index contributed by atoms with van der Waals surface area (Å²) in [5.74, 6) is -0.672. The van der Waals surface area contributed by atoms with E-state index in [1.807, 2.05) is 17.9 Å². The number of rotatable bonds is 4. The van der Waals surface area contributed by atoms with Crippen molar-refractivity contribution < 1.29 is 14.4 Å². The number of carbonyl (C=O) groups excluding carboxylic acids is 3. The van der Waals surface area contributed by atoms with Gasteiger partial charge in [0.15, 0.2) is 0 Å². The summed E-state index contributed by atoms with van der Waals surface area (Å²) in [6.45, 7) is 6.33. The van der Waals surface area contributed by atoms with E-state index in [-0.39, 0.29) is 17.7 Å². The maximum absolute atomic E-state index is 12.7. The Hall–Kier alpha value is -2.37. The van der Waals surface area contributed by atoms with E-state index in [9.17, 15) is 14.4 Å². The van der Waals surface area contributed by atoms with Crippen molar-refractivity contribution >= 4 is 23.4 Å². The summed E-state index contributed by atoms with van der Waals surface area (Å²) in [6, 6.07) is 4.71. The normalized spacial score (nSPS) is 15.2. The van der Waals surface area contributed by atoms with Crippen LogP contribution in [0.1, 0.15) is 42.6 Å². The Labute approximate surface area is 136 Å². The molecular weight excluding hydrogens is 294 g/mol. The summed E-state index contributed by atoms with van der Waals surface area (Å²) in [7, 11) is 0. The summed E-state index contributed by atoms with van der Waals surface area (Å²) < 4.78 is 0. The van der Waals surface area contributed by atoms with Gasteiger partial charge in [0, 0.05) is 20.0 Å². The van der Waals surface area contributed by atoms with Crippen molar-refractivity contribution in [2.75, 3.05) is 18.4 Å². The van der Waals surface area contributed by atoms with E-state index in [0.717, 1.165) is 31.5 Å². The molecule has 6 heteroatoms. The monoisotopic (exact) mass is 317 g/mol. The Morgan fingerprint density at radius 2 is 1.83 bits per heavy atom. The molecule has 23 heavy (non-hydrogen) atoms. The zero-order valence-corrected chi connectivity index (χ0v) is 13.8. The minimum absolute atomic E-state index is 0.0527. The van der Waals surface area contributed by atoms with Crippen LogP contribution in [-0.2, 0) is 9.59 Å². The SMILES string of the molecule is CC(=O)NC(C)C(=O)Nc1cccc(C)c1C(=O)N1CCCC1. The van der Waals surface area contributed by atoms with Crippen molar-refractivity contribution in [1.29, 1.82) is 0 Å². The first-order valence-electron chi connectivity index (χ1n) is 7.87. The smallest absolute Gasteiger partial charge is 0.256 e. The van der Waals surface area contributed by atoms with E-state index in [2.05, 4.69) is 10.6 Å². The van der Waals surface area contributed by atoms with E-state index in [4.69, 9.17) is 0 Å². The predicted octanol–water partition coefficient (Wildman–Crippen LogP) is 1.69. The maximum atomic E-state index is 12.7. The van der Waals surface area contributed by atoms with Gasteiger partial charge in [0.05, 0.1) is 11.3 Å². The Kier molecular flexibility index (Phi) is 5.36. The molecule has 1 saturated heterocycles. The molecule has 0 spiro atoms. The van der Waals surface area contributed by atoms with E-state index in [1.165, 1.54) is 6.92 Å². The van der Waals surface area contributed by atoms with Crippen molar-refractivity contribution in [2.45, 2.75) is 39.7 Å². The molecule has 3 amide bonds. The van der Waals surface area contributed by atoms with Gasteiger partial charge in [-0.25, -0.2) is 0 Å². The number of amides is 3. The lowest BCUT2D eigenvalue weighted by Crippen LogP contribution is -2.41. The zero-order valence-electron chi connectivity index (χ0n) is 13.8. The number of nitrogens with zero attached hydrogens (tertiary/aromatic N) is 1. The average molecular weight is 317 g/mol. The van der Waals surface area contributed by atoms with E-state index >= 15 is 0 Å². The van der Waals surface area contributed by atoms with Gasteiger partial charge in [-0.05, 0) is 38.3 Å². The Balaban J connectivity index is 2.22. The van der Waals surface area contributed by atoms with Crippen LogP contribution >= 0.6 is 0 Å². The Morgan fingerprint density at radius 1 is 1.17 bits per heavy atom. The zero-order chi connectivity index (χ0) is 17.0. The third-order valence-electron chi connectivity index (χ3n) is 3.95. The van der Waals surface area contributed by atoms with Crippen LogP contribution in [0.25, 0.3) is 0 Å². The fraction of sp³-hybridized carbons (Fsp3) is 0.471. The highest BCUT2D eigenvalue weighted by molar-refractivity contribution is 6.06. The lowest BCUT2D eigenvalue weighted by atomic mass is 10.0. The van der Waals surface area contributed by atoms with Crippen molar-refractivity contribution in [3.63, 3.8) is 0 Å². The van der Waals surface area contributed by atoms with Crippen molar-refractivity contribution in [1.82, 2.24) is 10.2 Å². The molecule has 0 aromatic heterocycles. The minimum atomic E-state index is -0.664. The number of carbonyl (C=O) groups is 3. The molecule has 0 radical (unpaired) electrons. The van der Waals surface area contributed by atoms with E-state index in [0.29, 0.717) is 11.3 Å². The van der Waals surface area contributed by atoms with Crippen LogP contribution in [0.3, 0.4) is 0 Å². The third-order valence-corrected chi connectivity index (χ3v) is 3.95. The molecule has 0 aliphatic carbocycles. The molecule has 1 atom stereocenters. The molecule has 1 unspecified atom stereocenters. The molecular formula is C17H23N3O3. The number of anilines is 1. The first kappa shape index (κ1) is 17.0. The van der Waals surface area contributed by atoms with Crippen LogP contribution in [0.5, 0.6) is 0 Å². The van der Waals surface area contributed by atoms with Gasteiger partial charge in [0.25, 0.3) is 5.91 Å². The number of nitrogens with one attached hydrogen (secondary N) is 2. The van der Waals surface area contributed by atoms with Crippen LogP contribution in [0.15, 0.2) is 18.2 Å². The molecule has 2 rings (SSSR count). The highest BCUT2D eigenvalue weighted by Crippen LogP contribution is 2.23. The highest BCUT2D eigenvalue weighted by atomic mass is 16.2. The molecule has 1 aliphatic heterocycles. The van der Waals surface area contributed by atoms with Crippen LogP contribution in [-0.4, -0.2) is 41.8 Å². The van der Waals surface area contributed by atoms with Gasteiger partial charge in [0.2, 0.25) is 11.8 Å². The summed E-state index contributed by atoms with van der Waals surface area (Å²) in [5, 5.41) is 5.29. The van der Waals surface area contributed by atoms with Gasteiger partial charge in [-0.2, -0.15) is 0 Å². The third kappa shape index (κ3) is 4.09. The maximum Gasteiger partial charge on any atom is 0.256 e. The standard InChI is InChI=1S/C17H23N3O3/c1-11-7-6-8-14(19-16(22)12(2)18-13(3)21)15(11)17(23)20-9-4-5-10-20/h6-8,12H,4-5,9-10H2,1-3H3,(H,18,21)(H,19,22). The molecule has 1 aromatic rings. The second-order valence-electron chi connectivity index (χ2n) is 5.91. The van der Waals surface area contributed by atoms with E-state index in [1.54, 1.807) is 19.1 Å².